The summed E-state index contributed by atoms with van der Waals surface area (Å²) >= 11 is 1.31. The summed E-state index contributed by atoms with van der Waals surface area (Å²) in [6, 6.07) is 4.92. The molecule has 0 bridgehead atoms. The van der Waals surface area contributed by atoms with Crippen LogP contribution < -0.4 is 14.8 Å². The maximum Gasteiger partial charge on any atom is 0.254 e. The van der Waals surface area contributed by atoms with Crippen molar-refractivity contribution in [3.05, 3.63) is 35.3 Å². The van der Waals surface area contributed by atoms with E-state index in [4.69, 9.17) is 14.2 Å². The number of amides is 2. The first-order chi connectivity index (χ1) is 13.1. The van der Waals surface area contributed by atoms with Gasteiger partial charge in [0.15, 0.2) is 5.13 Å². The van der Waals surface area contributed by atoms with Crippen LogP contribution in [0.3, 0.4) is 0 Å². The Morgan fingerprint density at radius 3 is 2.41 bits per heavy atom. The van der Waals surface area contributed by atoms with E-state index in [1.165, 1.54) is 30.5 Å². The molecule has 8 nitrogen and oxygen atoms in total. The summed E-state index contributed by atoms with van der Waals surface area (Å²) in [4.78, 5) is 30.8. The van der Waals surface area contributed by atoms with Crippen LogP contribution in [0.1, 0.15) is 16.8 Å². The van der Waals surface area contributed by atoms with E-state index in [2.05, 4.69) is 10.3 Å². The predicted octanol–water partition coefficient (Wildman–Crippen LogP) is 2.28. The second-order valence-corrected chi connectivity index (χ2v) is 6.45. The molecule has 1 N–H and O–H groups in total. The lowest BCUT2D eigenvalue weighted by Gasteiger charge is -2.22. The molecule has 0 aliphatic heterocycles. The minimum atomic E-state index is -0.314. The van der Waals surface area contributed by atoms with Gasteiger partial charge in [-0.25, -0.2) is 4.98 Å². The molecule has 0 aliphatic rings. The number of thiazole rings is 1. The van der Waals surface area contributed by atoms with Crippen LogP contribution in [-0.2, 0) is 9.53 Å². The highest BCUT2D eigenvalue weighted by Gasteiger charge is 2.20. The second kappa shape index (κ2) is 10.5. The molecule has 27 heavy (non-hydrogen) atoms. The lowest BCUT2D eigenvalue weighted by molar-refractivity contribution is -0.116. The summed E-state index contributed by atoms with van der Waals surface area (Å²) in [6.07, 6.45) is 2.21. The number of methoxy groups -OCH3 is 3. The van der Waals surface area contributed by atoms with E-state index in [0.29, 0.717) is 41.8 Å². The largest absolute Gasteiger partial charge is 0.497 e. The van der Waals surface area contributed by atoms with Crippen LogP contribution in [0.25, 0.3) is 0 Å². The minimum Gasteiger partial charge on any atom is -0.497 e. The molecular formula is C18H23N3O5S. The van der Waals surface area contributed by atoms with Crippen molar-refractivity contribution in [2.45, 2.75) is 6.42 Å². The van der Waals surface area contributed by atoms with Crippen LogP contribution in [0, 0.1) is 0 Å². The zero-order valence-corrected chi connectivity index (χ0v) is 16.4. The summed E-state index contributed by atoms with van der Waals surface area (Å²) in [5.74, 6) is 0.395. The van der Waals surface area contributed by atoms with E-state index >= 15 is 0 Å². The van der Waals surface area contributed by atoms with Gasteiger partial charge in [-0.1, -0.05) is 0 Å². The molecule has 0 atom stereocenters. The van der Waals surface area contributed by atoms with Gasteiger partial charge < -0.3 is 24.4 Å². The van der Waals surface area contributed by atoms with Gasteiger partial charge in [0.25, 0.3) is 5.91 Å². The number of benzene rings is 1. The number of hydrogen-bond donors (Lipinski definition) is 1. The number of aromatic nitrogens is 1. The average molecular weight is 393 g/mol. The SMILES string of the molecule is COCCCN(CC(=O)Nc1nccs1)C(=O)c1cc(OC)cc(OC)c1. The summed E-state index contributed by atoms with van der Waals surface area (Å²) in [7, 11) is 4.62. The van der Waals surface area contributed by atoms with Crippen molar-refractivity contribution in [1.29, 1.82) is 0 Å². The zero-order chi connectivity index (χ0) is 19.6. The first-order valence-corrected chi connectivity index (χ1v) is 9.16. The van der Waals surface area contributed by atoms with E-state index in [-0.39, 0.29) is 18.4 Å². The Labute approximate surface area is 162 Å². The molecule has 0 radical (unpaired) electrons. The van der Waals surface area contributed by atoms with Crippen LogP contribution in [0.5, 0.6) is 11.5 Å². The fourth-order valence-corrected chi connectivity index (χ4v) is 2.93. The first kappa shape index (κ1) is 20.7. The van der Waals surface area contributed by atoms with E-state index in [1.807, 2.05) is 0 Å². The highest BCUT2D eigenvalue weighted by molar-refractivity contribution is 7.13. The Morgan fingerprint density at radius 1 is 1.15 bits per heavy atom. The van der Waals surface area contributed by atoms with Crippen LogP contribution in [-0.4, -0.2) is 62.7 Å². The third kappa shape index (κ3) is 6.22. The average Bonchev–Trinajstić information content (AvgIpc) is 3.19. The smallest absolute Gasteiger partial charge is 0.254 e. The second-order valence-electron chi connectivity index (χ2n) is 5.56. The van der Waals surface area contributed by atoms with E-state index in [9.17, 15) is 9.59 Å². The fourth-order valence-electron chi connectivity index (χ4n) is 2.38. The zero-order valence-electron chi connectivity index (χ0n) is 15.6. The predicted molar refractivity (Wildman–Crippen MR) is 103 cm³/mol. The van der Waals surface area contributed by atoms with E-state index < -0.39 is 0 Å². The number of anilines is 1. The van der Waals surface area contributed by atoms with Crippen molar-refractivity contribution in [2.24, 2.45) is 0 Å². The van der Waals surface area contributed by atoms with Crippen LogP contribution in [0.2, 0.25) is 0 Å². The lowest BCUT2D eigenvalue weighted by Crippen LogP contribution is -2.39. The van der Waals surface area contributed by atoms with Gasteiger partial charge in [0.2, 0.25) is 5.91 Å². The van der Waals surface area contributed by atoms with Crippen molar-refractivity contribution in [1.82, 2.24) is 9.88 Å². The molecule has 0 spiro atoms. The lowest BCUT2D eigenvalue weighted by atomic mass is 10.1. The molecule has 9 heteroatoms. The van der Waals surface area contributed by atoms with Gasteiger partial charge in [-0.05, 0) is 18.6 Å². The molecule has 2 aromatic rings. The van der Waals surface area contributed by atoms with Gasteiger partial charge in [-0.3, -0.25) is 9.59 Å². The number of hydrogen-bond acceptors (Lipinski definition) is 7. The first-order valence-electron chi connectivity index (χ1n) is 8.28. The molecule has 0 saturated heterocycles. The summed E-state index contributed by atoms with van der Waals surface area (Å²) in [5, 5.41) is 4.94. The van der Waals surface area contributed by atoms with Crippen molar-refractivity contribution < 1.29 is 23.8 Å². The van der Waals surface area contributed by atoms with Crippen LogP contribution in [0.15, 0.2) is 29.8 Å². The molecular weight excluding hydrogens is 370 g/mol. The maximum absolute atomic E-state index is 13.0. The number of rotatable bonds is 10. The van der Waals surface area contributed by atoms with Gasteiger partial charge in [-0.2, -0.15) is 0 Å². The monoisotopic (exact) mass is 393 g/mol. The van der Waals surface area contributed by atoms with Gasteiger partial charge in [-0.15, -0.1) is 11.3 Å². The van der Waals surface area contributed by atoms with Crippen molar-refractivity contribution >= 4 is 28.3 Å². The van der Waals surface area contributed by atoms with E-state index in [1.54, 1.807) is 36.9 Å². The van der Waals surface area contributed by atoms with Gasteiger partial charge in [0.1, 0.15) is 18.0 Å². The minimum absolute atomic E-state index is 0.0956. The summed E-state index contributed by atoms with van der Waals surface area (Å²) < 4.78 is 15.5. The van der Waals surface area contributed by atoms with Crippen molar-refractivity contribution in [3.63, 3.8) is 0 Å². The molecule has 0 aliphatic carbocycles. The number of ether oxygens (including phenoxy) is 3. The quantitative estimate of drug-likeness (QED) is 0.623. The van der Waals surface area contributed by atoms with Gasteiger partial charge in [0, 0.05) is 43.5 Å². The molecule has 0 fully saturated rings. The standard InChI is InChI=1S/C18H23N3O5S/c1-24-7-4-6-21(12-16(22)20-18-19-5-8-27-18)17(23)13-9-14(25-2)11-15(10-13)26-3/h5,8-11H,4,6-7,12H2,1-3H3,(H,19,20,22). The Morgan fingerprint density at radius 2 is 1.85 bits per heavy atom. The molecule has 0 saturated carbocycles. The normalized spacial score (nSPS) is 10.3. The van der Waals surface area contributed by atoms with Gasteiger partial charge >= 0.3 is 0 Å². The molecule has 1 aromatic heterocycles. The molecule has 2 rings (SSSR count). The highest BCUT2D eigenvalue weighted by Crippen LogP contribution is 2.23. The Hall–Kier alpha value is -2.65. The van der Waals surface area contributed by atoms with Gasteiger partial charge in [0.05, 0.1) is 14.2 Å². The third-order valence-electron chi connectivity index (χ3n) is 3.68. The molecule has 1 aromatic carbocycles. The number of nitrogens with zero attached hydrogens (tertiary/aromatic N) is 2. The molecule has 1 heterocycles. The van der Waals surface area contributed by atoms with Crippen molar-refractivity contribution in [3.8, 4) is 11.5 Å². The topological polar surface area (TPSA) is 90.0 Å². The third-order valence-corrected chi connectivity index (χ3v) is 4.36. The number of nitrogens with one attached hydrogen (secondary N) is 1. The van der Waals surface area contributed by atoms with Crippen LogP contribution >= 0.6 is 11.3 Å². The highest BCUT2D eigenvalue weighted by atomic mass is 32.1. The number of carbonyl (C=O) groups excluding carboxylic acids is 2. The summed E-state index contributed by atoms with van der Waals surface area (Å²) in [5.41, 5.74) is 0.380. The maximum atomic E-state index is 13.0. The van der Waals surface area contributed by atoms with E-state index in [0.717, 1.165) is 0 Å². The Kier molecular flexibility index (Phi) is 8.02. The number of carbonyl (C=O) groups is 2. The molecule has 0 unspecified atom stereocenters. The summed E-state index contributed by atoms with van der Waals surface area (Å²) in [6.45, 7) is 0.762. The Balaban J connectivity index is 2.16. The Bertz CT molecular complexity index is 729. The van der Waals surface area contributed by atoms with Crippen LogP contribution in [0.4, 0.5) is 5.13 Å². The molecule has 2 amide bonds. The fraction of sp³-hybridized carbons (Fsp3) is 0.389. The molecule has 146 valence electrons. The van der Waals surface area contributed by atoms with Crippen molar-refractivity contribution in [2.75, 3.05) is 46.3 Å².